The van der Waals surface area contributed by atoms with Crippen molar-refractivity contribution >= 4 is 6.29 Å². The van der Waals surface area contributed by atoms with Crippen LogP contribution < -0.4 is 0 Å². The fourth-order valence-electron chi connectivity index (χ4n) is 1.21. The van der Waals surface area contributed by atoms with E-state index < -0.39 is 0 Å². The van der Waals surface area contributed by atoms with Gasteiger partial charge in [0.15, 0.2) is 0 Å². The summed E-state index contributed by atoms with van der Waals surface area (Å²) in [7, 11) is 0. The first-order valence-corrected chi connectivity index (χ1v) is 4.40. The molecule has 0 saturated carbocycles. The smallest absolute Gasteiger partial charge is 0.145 e. The van der Waals surface area contributed by atoms with Gasteiger partial charge in [0.25, 0.3) is 0 Å². The highest BCUT2D eigenvalue weighted by molar-refractivity contribution is 5.73. The van der Waals surface area contributed by atoms with Gasteiger partial charge >= 0.3 is 0 Å². The van der Waals surface area contributed by atoms with Gasteiger partial charge in [-0.05, 0) is 25.3 Å². The van der Waals surface area contributed by atoms with Gasteiger partial charge in [-0.15, -0.1) is 0 Å². The summed E-state index contributed by atoms with van der Waals surface area (Å²) in [6, 6.07) is 0. The molecular formula is C10H18O. The number of hydrogen-bond donors (Lipinski definition) is 0. The Bertz CT molecular complexity index is 137. The highest BCUT2D eigenvalue weighted by Crippen LogP contribution is 2.15. The summed E-state index contributed by atoms with van der Waals surface area (Å²) in [5, 5.41) is 0. The van der Waals surface area contributed by atoms with E-state index in [4.69, 9.17) is 0 Å². The van der Waals surface area contributed by atoms with Crippen LogP contribution in [0.3, 0.4) is 0 Å². The van der Waals surface area contributed by atoms with Crippen molar-refractivity contribution in [3.8, 4) is 0 Å². The lowest BCUT2D eigenvalue weighted by molar-refractivity contribution is -0.104. The van der Waals surface area contributed by atoms with Crippen LogP contribution in [0.5, 0.6) is 0 Å². The van der Waals surface area contributed by atoms with Gasteiger partial charge in [-0.1, -0.05) is 32.3 Å². The van der Waals surface area contributed by atoms with Gasteiger partial charge in [0.1, 0.15) is 6.29 Å². The highest BCUT2D eigenvalue weighted by Gasteiger charge is 1.98. The number of hydrogen-bond acceptors (Lipinski definition) is 1. The summed E-state index contributed by atoms with van der Waals surface area (Å²) in [4.78, 5) is 10.4. The molecule has 0 spiro atoms. The molecule has 0 aliphatic heterocycles. The molecule has 0 radical (unpaired) electrons. The van der Waals surface area contributed by atoms with E-state index in [0.29, 0.717) is 0 Å². The van der Waals surface area contributed by atoms with Crippen LogP contribution in [-0.4, -0.2) is 6.29 Å². The molecule has 0 aromatic rings. The van der Waals surface area contributed by atoms with Crippen LogP contribution in [-0.2, 0) is 4.79 Å². The molecule has 0 bridgehead atoms. The molecule has 0 unspecified atom stereocenters. The molecule has 0 amide bonds. The molecule has 0 N–H and O–H groups in total. The predicted octanol–water partition coefficient (Wildman–Crippen LogP) is 3.10. The van der Waals surface area contributed by atoms with Crippen molar-refractivity contribution in [2.24, 2.45) is 0 Å². The van der Waals surface area contributed by atoms with E-state index in [1.165, 1.54) is 5.57 Å². The number of carbonyl (C=O) groups excluding carboxylic acids is 1. The Morgan fingerprint density at radius 3 is 1.91 bits per heavy atom. The van der Waals surface area contributed by atoms with E-state index >= 15 is 0 Å². The monoisotopic (exact) mass is 154 g/mol. The number of allylic oxidation sites excluding steroid dienone is 2. The van der Waals surface area contributed by atoms with E-state index in [1.807, 2.05) is 6.92 Å². The SMILES string of the molecule is CCCC(CCC)=C(C)C=O. The molecule has 0 heterocycles. The molecule has 0 aromatic carbocycles. The Labute approximate surface area is 69.5 Å². The minimum atomic E-state index is 0.939. The molecule has 64 valence electrons. The van der Waals surface area contributed by atoms with E-state index in [9.17, 15) is 4.79 Å². The molecule has 11 heavy (non-hydrogen) atoms. The largest absolute Gasteiger partial charge is 0.298 e. The van der Waals surface area contributed by atoms with E-state index in [1.54, 1.807) is 0 Å². The van der Waals surface area contributed by atoms with Gasteiger partial charge in [-0.2, -0.15) is 0 Å². The normalized spacial score (nSPS) is 9.36. The summed E-state index contributed by atoms with van der Waals surface area (Å²) < 4.78 is 0. The van der Waals surface area contributed by atoms with Crippen molar-refractivity contribution < 1.29 is 4.79 Å². The maximum Gasteiger partial charge on any atom is 0.145 e. The second kappa shape index (κ2) is 6.14. The minimum Gasteiger partial charge on any atom is -0.298 e. The number of rotatable bonds is 5. The molecule has 0 fully saturated rings. The van der Waals surface area contributed by atoms with Gasteiger partial charge in [-0.3, -0.25) is 4.79 Å². The first-order valence-electron chi connectivity index (χ1n) is 4.40. The number of carbonyl (C=O) groups is 1. The van der Waals surface area contributed by atoms with Crippen molar-refractivity contribution in [3.05, 3.63) is 11.1 Å². The lowest BCUT2D eigenvalue weighted by Crippen LogP contribution is -1.89. The Balaban J connectivity index is 4.16. The maximum absolute atomic E-state index is 10.4. The third kappa shape index (κ3) is 3.97. The lowest BCUT2D eigenvalue weighted by atomic mass is 10.0. The van der Waals surface area contributed by atoms with Crippen molar-refractivity contribution in [3.63, 3.8) is 0 Å². The molecule has 0 aliphatic carbocycles. The van der Waals surface area contributed by atoms with Gasteiger partial charge in [0.05, 0.1) is 0 Å². The lowest BCUT2D eigenvalue weighted by Gasteiger charge is -2.05. The van der Waals surface area contributed by atoms with Crippen LogP contribution >= 0.6 is 0 Å². The third-order valence-corrected chi connectivity index (χ3v) is 1.84. The predicted molar refractivity (Wildman–Crippen MR) is 48.6 cm³/mol. The average molecular weight is 154 g/mol. The fourth-order valence-corrected chi connectivity index (χ4v) is 1.21. The topological polar surface area (TPSA) is 17.1 Å². The summed E-state index contributed by atoms with van der Waals surface area (Å²) >= 11 is 0. The van der Waals surface area contributed by atoms with Crippen molar-refractivity contribution in [1.82, 2.24) is 0 Å². The Morgan fingerprint density at radius 2 is 1.64 bits per heavy atom. The third-order valence-electron chi connectivity index (χ3n) is 1.84. The van der Waals surface area contributed by atoms with Crippen molar-refractivity contribution in [1.29, 1.82) is 0 Å². The zero-order valence-electron chi connectivity index (χ0n) is 7.81. The van der Waals surface area contributed by atoms with E-state index in [-0.39, 0.29) is 0 Å². The van der Waals surface area contributed by atoms with Crippen LogP contribution in [0.4, 0.5) is 0 Å². The van der Waals surface area contributed by atoms with Crippen molar-refractivity contribution in [2.45, 2.75) is 46.5 Å². The summed E-state index contributed by atoms with van der Waals surface area (Å²) in [5.74, 6) is 0. The van der Waals surface area contributed by atoms with E-state index in [0.717, 1.165) is 37.5 Å². The molecular weight excluding hydrogens is 136 g/mol. The average Bonchev–Trinajstić information content (AvgIpc) is 2.03. The molecule has 0 atom stereocenters. The van der Waals surface area contributed by atoms with Crippen LogP contribution in [0.25, 0.3) is 0 Å². The van der Waals surface area contributed by atoms with E-state index in [2.05, 4.69) is 13.8 Å². The molecule has 0 aromatic heterocycles. The molecule has 0 rings (SSSR count). The van der Waals surface area contributed by atoms with Gasteiger partial charge in [0, 0.05) is 0 Å². The first kappa shape index (κ1) is 10.4. The van der Waals surface area contributed by atoms with Crippen LogP contribution in [0, 0.1) is 0 Å². The molecule has 0 saturated heterocycles. The molecule has 1 nitrogen and oxygen atoms in total. The Hall–Kier alpha value is -0.590. The highest BCUT2D eigenvalue weighted by atomic mass is 16.1. The van der Waals surface area contributed by atoms with Crippen LogP contribution in [0.2, 0.25) is 0 Å². The van der Waals surface area contributed by atoms with Crippen molar-refractivity contribution in [2.75, 3.05) is 0 Å². The second-order valence-electron chi connectivity index (χ2n) is 2.90. The Kier molecular flexibility index (Phi) is 5.81. The molecule has 0 aliphatic rings. The zero-order valence-corrected chi connectivity index (χ0v) is 7.81. The second-order valence-corrected chi connectivity index (χ2v) is 2.90. The summed E-state index contributed by atoms with van der Waals surface area (Å²) in [5.41, 5.74) is 2.28. The van der Waals surface area contributed by atoms with Crippen LogP contribution in [0.1, 0.15) is 46.5 Å². The van der Waals surface area contributed by atoms with Gasteiger partial charge in [-0.25, -0.2) is 0 Å². The Morgan fingerprint density at radius 1 is 1.18 bits per heavy atom. The summed E-state index contributed by atoms with van der Waals surface area (Å²) in [6.07, 6.45) is 5.42. The first-order chi connectivity index (χ1) is 5.26. The maximum atomic E-state index is 10.4. The standard InChI is InChI=1S/C10H18O/c1-4-6-10(7-5-2)9(3)8-11/h8H,4-7H2,1-3H3. The zero-order chi connectivity index (χ0) is 8.69. The molecule has 1 heteroatoms. The van der Waals surface area contributed by atoms with Crippen LogP contribution in [0.15, 0.2) is 11.1 Å². The minimum absolute atomic E-state index is 0.939. The van der Waals surface area contributed by atoms with Gasteiger partial charge < -0.3 is 0 Å². The van der Waals surface area contributed by atoms with Gasteiger partial charge in [0.2, 0.25) is 0 Å². The number of aldehydes is 1. The summed E-state index contributed by atoms with van der Waals surface area (Å²) in [6.45, 7) is 6.20. The quantitative estimate of drug-likeness (QED) is 0.439. The fraction of sp³-hybridized carbons (Fsp3) is 0.700.